The predicted octanol–water partition coefficient (Wildman–Crippen LogP) is -1.28. The normalized spacial score (nSPS) is 9.08. The topological polar surface area (TPSA) is 76.0 Å². The summed E-state index contributed by atoms with van der Waals surface area (Å²) >= 11 is 0. The quantitative estimate of drug-likeness (QED) is 0.383. The van der Waals surface area contributed by atoms with Gasteiger partial charge in [0.15, 0.2) is 0 Å². The largest absolute Gasteiger partial charge is 0.480 e. The van der Waals surface area contributed by atoms with Crippen LogP contribution in [0.3, 0.4) is 0 Å². The predicted molar refractivity (Wildman–Crippen MR) is 42.1 cm³/mol. The van der Waals surface area contributed by atoms with Gasteiger partial charge in [-0.1, -0.05) is 0 Å². The maximum atomic E-state index is 9.88. The minimum Gasteiger partial charge on any atom is -0.480 e. The van der Waals surface area contributed by atoms with Crippen LogP contribution in [0.4, 0.5) is 0 Å². The van der Waals surface area contributed by atoms with Gasteiger partial charge in [-0.25, -0.2) is 4.79 Å². The van der Waals surface area contributed by atoms with Crippen molar-refractivity contribution in [1.29, 1.82) is 0 Å². The molecule has 1 radical (unpaired) electrons. The van der Waals surface area contributed by atoms with Crippen molar-refractivity contribution >= 4 is 35.5 Å². The van der Waals surface area contributed by atoms with E-state index in [9.17, 15) is 4.79 Å². The minimum atomic E-state index is -0.993. The number of aliphatic hydroxyl groups excluding tert-OH is 1. The molecular formula is C6H12NaO5. The van der Waals surface area contributed by atoms with Crippen molar-refractivity contribution in [2.75, 3.05) is 33.0 Å². The van der Waals surface area contributed by atoms with E-state index in [1.165, 1.54) is 0 Å². The molecule has 0 bridgehead atoms. The van der Waals surface area contributed by atoms with Crippen molar-refractivity contribution in [2.24, 2.45) is 0 Å². The molecule has 5 nitrogen and oxygen atoms in total. The average molecular weight is 187 g/mol. The molecule has 2 N–H and O–H groups in total. The fourth-order valence-electron chi connectivity index (χ4n) is 0.444. The Morgan fingerprint density at radius 3 is 2.25 bits per heavy atom. The van der Waals surface area contributed by atoms with Gasteiger partial charge >= 0.3 is 5.97 Å². The number of aliphatic carboxylic acids is 1. The van der Waals surface area contributed by atoms with E-state index in [2.05, 4.69) is 4.74 Å². The molecule has 0 amide bonds. The standard InChI is InChI=1S/C6H12O5.Na/c7-1-2-10-3-4-11-5-6(8)9;/h7H,1-5H2,(H,8,9);. The Labute approximate surface area is 93.0 Å². The fraction of sp³-hybridized carbons (Fsp3) is 0.833. The molecule has 0 aliphatic rings. The molecule has 0 aliphatic heterocycles. The van der Waals surface area contributed by atoms with Gasteiger partial charge in [0, 0.05) is 29.6 Å². The van der Waals surface area contributed by atoms with Crippen molar-refractivity contribution in [3.63, 3.8) is 0 Å². The first-order valence-electron chi connectivity index (χ1n) is 3.25. The first-order chi connectivity index (χ1) is 5.27. The number of hydrogen-bond donors (Lipinski definition) is 2. The molecule has 12 heavy (non-hydrogen) atoms. The first kappa shape index (κ1) is 14.9. The van der Waals surface area contributed by atoms with Crippen LogP contribution in [0.1, 0.15) is 0 Å². The van der Waals surface area contributed by atoms with Gasteiger partial charge in [-0.3, -0.25) is 0 Å². The maximum absolute atomic E-state index is 9.88. The minimum absolute atomic E-state index is 0. The summed E-state index contributed by atoms with van der Waals surface area (Å²) in [6, 6.07) is 0. The molecule has 0 aromatic rings. The summed E-state index contributed by atoms with van der Waals surface area (Å²) in [5.41, 5.74) is 0. The van der Waals surface area contributed by atoms with Crippen LogP contribution in [-0.2, 0) is 14.3 Å². The van der Waals surface area contributed by atoms with Crippen molar-refractivity contribution < 1.29 is 24.5 Å². The number of carbonyl (C=O) groups is 1. The van der Waals surface area contributed by atoms with Gasteiger partial charge in [0.2, 0.25) is 0 Å². The maximum Gasteiger partial charge on any atom is 0.329 e. The molecule has 0 saturated carbocycles. The second-order valence-electron chi connectivity index (χ2n) is 1.78. The monoisotopic (exact) mass is 187 g/mol. The molecule has 0 unspecified atom stereocenters. The van der Waals surface area contributed by atoms with Crippen molar-refractivity contribution in [2.45, 2.75) is 0 Å². The Hall–Kier alpha value is 0.350. The SMILES string of the molecule is O=C(O)COCCOCCO.[Na]. The Morgan fingerprint density at radius 1 is 1.17 bits per heavy atom. The average Bonchev–Trinajstić information content (AvgIpc) is 1.96. The first-order valence-corrected chi connectivity index (χ1v) is 3.25. The Balaban J connectivity index is 0. The van der Waals surface area contributed by atoms with Crippen LogP contribution in [-0.4, -0.2) is 78.8 Å². The van der Waals surface area contributed by atoms with E-state index in [-0.39, 0.29) is 56.0 Å². The number of ether oxygens (including phenoxy) is 2. The number of rotatable bonds is 7. The smallest absolute Gasteiger partial charge is 0.329 e. The summed E-state index contributed by atoms with van der Waals surface area (Å²) in [6.45, 7) is 0.484. The van der Waals surface area contributed by atoms with Gasteiger partial charge < -0.3 is 19.7 Å². The summed E-state index contributed by atoms with van der Waals surface area (Å²) in [5.74, 6) is -0.993. The fourth-order valence-corrected chi connectivity index (χ4v) is 0.444. The van der Waals surface area contributed by atoms with Gasteiger partial charge in [0.05, 0.1) is 26.4 Å². The second kappa shape index (κ2) is 11.4. The second-order valence-corrected chi connectivity index (χ2v) is 1.78. The summed E-state index contributed by atoms with van der Waals surface area (Å²) in [5, 5.41) is 16.4. The molecule has 0 spiro atoms. The Kier molecular flexibility index (Phi) is 14.0. The van der Waals surface area contributed by atoms with Gasteiger partial charge in [-0.05, 0) is 0 Å². The van der Waals surface area contributed by atoms with Crippen LogP contribution in [0.25, 0.3) is 0 Å². The van der Waals surface area contributed by atoms with Crippen LogP contribution in [0.2, 0.25) is 0 Å². The summed E-state index contributed by atoms with van der Waals surface area (Å²) in [4.78, 5) is 9.88. The number of hydrogen-bond acceptors (Lipinski definition) is 4. The van der Waals surface area contributed by atoms with Crippen molar-refractivity contribution in [3.8, 4) is 0 Å². The molecule has 0 rings (SSSR count). The molecule has 0 aromatic carbocycles. The van der Waals surface area contributed by atoms with Gasteiger partial charge in [-0.2, -0.15) is 0 Å². The molecule has 0 saturated heterocycles. The van der Waals surface area contributed by atoms with Crippen LogP contribution in [0, 0.1) is 0 Å². The van der Waals surface area contributed by atoms with Gasteiger partial charge in [0.1, 0.15) is 6.61 Å². The van der Waals surface area contributed by atoms with Crippen molar-refractivity contribution in [3.05, 3.63) is 0 Å². The molecule has 0 fully saturated rings. The number of aliphatic hydroxyl groups is 1. The molecule has 6 heteroatoms. The number of carboxylic acids is 1. The van der Waals surface area contributed by atoms with Gasteiger partial charge in [-0.15, -0.1) is 0 Å². The van der Waals surface area contributed by atoms with E-state index >= 15 is 0 Å². The zero-order valence-corrected chi connectivity index (χ0v) is 9.15. The van der Waals surface area contributed by atoms with Crippen molar-refractivity contribution in [1.82, 2.24) is 0 Å². The van der Waals surface area contributed by atoms with E-state index in [1.54, 1.807) is 0 Å². The molecular weight excluding hydrogens is 175 g/mol. The molecule has 67 valence electrons. The third-order valence-electron chi connectivity index (χ3n) is 0.833. The van der Waals surface area contributed by atoms with Crippen LogP contribution < -0.4 is 0 Å². The summed E-state index contributed by atoms with van der Waals surface area (Å²) < 4.78 is 9.43. The third-order valence-corrected chi connectivity index (χ3v) is 0.833. The molecule has 0 heterocycles. The van der Waals surface area contributed by atoms with Gasteiger partial charge in [0.25, 0.3) is 0 Å². The van der Waals surface area contributed by atoms with Crippen LogP contribution in [0.5, 0.6) is 0 Å². The Morgan fingerprint density at radius 2 is 1.75 bits per heavy atom. The Bertz CT molecular complexity index is 108. The van der Waals surface area contributed by atoms with E-state index < -0.39 is 5.97 Å². The molecule has 0 aromatic heterocycles. The van der Waals surface area contributed by atoms with Crippen LogP contribution in [0.15, 0.2) is 0 Å². The zero-order valence-electron chi connectivity index (χ0n) is 7.15. The zero-order chi connectivity index (χ0) is 8.53. The van der Waals surface area contributed by atoms with E-state index in [1.807, 2.05) is 0 Å². The third kappa shape index (κ3) is 13.0. The number of carboxylic acid groups (broad SMARTS) is 1. The van der Waals surface area contributed by atoms with Crippen LogP contribution >= 0.6 is 0 Å². The molecule has 0 aliphatic carbocycles. The van der Waals surface area contributed by atoms with E-state index in [0.29, 0.717) is 6.61 Å². The van der Waals surface area contributed by atoms with E-state index in [4.69, 9.17) is 14.9 Å². The summed E-state index contributed by atoms with van der Waals surface area (Å²) in [6.07, 6.45) is 0. The molecule has 0 atom stereocenters. The summed E-state index contributed by atoms with van der Waals surface area (Å²) in [7, 11) is 0. The van der Waals surface area contributed by atoms with E-state index in [0.717, 1.165) is 0 Å².